The van der Waals surface area contributed by atoms with Crippen LogP contribution >= 0.6 is 0 Å². The summed E-state index contributed by atoms with van der Waals surface area (Å²) in [5.41, 5.74) is 1.95. The molecule has 3 atom stereocenters. The molecule has 0 bridgehead atoms. The molecule has 118 valence electrons. The highest BCUT2D eigenvalue weighted by atomic mass is 19.1. The molecular weight excluding hydrogens is 298 g/mol. The summed E-state index contributed by atoms with van der Waals surface area (Å²) in [6.07, 6.45) is 0. The summed E-state index contributed by atoms with van der Waals surface area (Å²) in [6.45, 7) is 1.47. The summed E-state index contributed by atoms with van der Waals surface area (Å²) >= 11 is 0. The molecule has 1 saturated heterocycles. The molecule has 5 heteroatoms. The first kappa shape index (κ1) is 15.6. The third-order valence-electron chi connectivity index (χ3n) is 4.38. The van der Waals surface area contributed by atoms with Gasteiger partial charge in [0.25, 0.3) is 0 Å². The Hall–Kier alpha value is -2.29. The Bertz CT molecular complexity index is 768. The van der Waals surface area contributed by atoms with Gasteiger partial charge in [-0.25, -0.2) is 8.78 Å². The minimum absolute atomic E-state index is 0.0532. The predicted octanol–water partition coefficient (Wildman–Crippen LogP) is 2.88. The van der Waals surface area contributed by atoms with Crippen LogP contribution in [0.25, 0.3) is 11.1 Å². The van der Waals surface area contributed by atoms with E-state index in [0.717, 1.165) is 5.56 Å². The summed E-state index contributed by atoms with van der Waals surface area (Å²) in [6, 6.07) is 11.1. The van der Waals surface area contributed by atoms with Gasteiger partial charge in [-0.3, -0.25) is 5.32 Å². The molecule has 2 aromatic rings. The van der Waals surface area contributed by atoms with E-state index in [9.17, 15) is 13.9 Å². The lowest BCUT2D eigenvalue weighted by molar-refractivity contribution is 0.151. The van der Waals surface area contributed by atoms with Crippen molar-refractivity contribution in [2.45, 2.75) is 24.9 Å². The number of hydrogen-bond acceptors (Lipinski definition) is 3. The van der Waals surface area contributed by atoms with Crippen molar-refractivity contribution in [3.05, 3.63) is 59.2 Å². The van der Waals surface area contributed by atoms with Crippen molar-refractivity contribution in [1.82, 2.24) is 5.32 Å². The average molecular weight is 314 g/mol. The molecule has 1 aliphatic heterocycles. The largest absolute Gasteiger partial charge is 0.395 e. The second kappa shape index (κ2) is 6.07. The van der Waals surface area contributed by atoms with E-state index < -0.39 is 11.6 Å². The number of nitriles is 1. The normalized spacial score (nSPS) is 23.2. The Balaban J connectivity index is 1.91. The van der Waals surface area contributed by atoms with Gasteiger partial charge in [-0.2, -0.15) is 5.26 Å². The Labute approximate surface area is 133 Å². The van der Waals surface area contributed by atoms with E-state index in [2.05, 4.69) is 11.4 Å². The first-order valence-electron chi connectivity index (χ1n) is 7.37. The third-order valence-corrected chi connectivity index (χ3v) is 4.38. The van der Waals surface area contributed by atoms with E-state index in [-0.39, 0.29) is 35.7 Å². The minimum atomic E-state index is -0.468. The number of nitrogens with one attached hydrogen (secondary N) is 1. The van der Waals surface area contributed by atoms with E-state index >= 15 is 0 Å². The van der Waals surface area contributed by atoms with Gasteiger partial charge in [-0.05, 0) is 35.7 Å². The van der Waals surface area contributed by atoms with Gasteiger partial charge in [0.1, 0.15) is 17.7 Å². The number of rotatable bonds is 3. The summed E-state index contributed by atoms with van der Waals surface area (Å²) in [5.74, 6) is -1.01. The lowest BCUT2D eigenvalue weighted by Crippen LogP contribution is -2.60. The number of aryl methyl sites for hydroxylation is 1. The van der Waals surface area contributed by atoms with Crippen LogP contribution in [0, 0.1) is 29.9 Å². The van der Waals surface area contributed by atoms with Crippen molar-refractivity contribution in [2.75, 3.05) is 6.61 Å². The quantitative estimate of drug-likeness (QED) is 0.916. The van der Waals surface area contributed by atoms with Crippen LogP contribution in [-0.2, 0) is 0 Å². The molecule has 23 heavy (non-hydrogen) atoms. The molecule has 1 aliphatic rings. The molecular formula is C18H16F2N2O. The molecule has 0 unspecified atom stereocenters. The van der Waals surface area contributed by atoms with Crippen molar-refractivity contribution in [2.24, 2.45) is 0 Å². The summed E-state index contributed by atoms with van der Waals surface area (Å²) < 4.78 is 27.7. The van der Waals surface area contributed by atoms with Crippen LogP contribution in [0.5, 0.6) is 0 Å². The first-order chi connectivity index (χ1) is 11.0. The van der Waals surface area contributed by atoms with Gasteiger partial charge in [0.05, 0.1) is 12.7 Å². The van der Waals surface area contributed by atoms with Gasteiger partial charge < -0.3 is 5.11 Å². The average Bonchev–Trinajstić information content (AvgIpc) is 2.52. The lowest BCUT2D eigenvalue weighted by Gasteiger charge is -2.41. The number of aliphatic hydroxyl groups excluding tert-OH is 1. The number of nitrogens with zero attached hydrogens (tertiary/aromatic N) is 1. The Morgan fingerprint density at radius 2 is 1.87 bits per heavy atom. The number of halogens is 2. The van der Waals surface area contributed by atoms with E-state index in [1.54, 1.807) is 24.3 Å². The third kappa shape index (κ3) is 2.72. The van der Waals surface area contributed by atoms with Gasteiger partial charge in [0, 0.05) is 17.5 Å². The lowest BCUT2D eigenvalue weighted by atomic mass is 9.78. The van der Waals surface area contributed by atoms with E-state index in [1.807, 2.05) is 0 Å². The fourth-order valence-electron chi connectivity index (χ4n) is 3.01. The zero-order valence-corrected chi connectivity index (χ0v) is 12.6. The molecule has 0 radical (unpaired) electrons. The van der Waals surface area contributed by atoms with Crippen LogP contribution in [-0.4, -0.2) is 23.8 Å². The monoisotopic (exact) mass is 314 g/mol. The number of hydrogen-bond donors (Lipinski definition) is 2. The smallest absolute Gasteiger partial charge is 0.131 e. The maximum atomic E-state index is 14.0. The van der Waals surface area contributed by atoms with Gasteiger partial charge in [-0.15, -0.1) is 0 Å². The molecule has 0 spiro atoms. The Kier molecular flexibility index (Phi) is 4.12. The first-order valence-corrected chi connectivity index (χ1v) is 7.37. The highest BCUT2D eigenvalue weighted by Crippen LogP contribution is 2.33. The highest BCUT2D eigenvalue weighted by molar-refractivity contribution is 5.65. The molecule has 2 N–H and O–H groups in total. The molecule has 0 aliphatic carbocycles. The molecule has 3 rings (SSSR count). The molecule has 0 aromatic heterocycles. The van der Waals surface area contributed by atoms with Gasteiger partial charge in [0.15, 0.2) is 0 Å². The fourth-order valence-corrected chi connectivity index (χ4v) is 3.01. The van der Waals surface area contributed by atoms with Crippen molar-refractivity contribution in [3.8, 4) is 17.2 Å². The standard InChI is InChI=1S/C18H16F2N2O/c1-10-6-15(20)13(7-14(10)19)11-2-4-12(5-3-11)18-16(8-21)22-17(18)9-23/h2-7,16-18,22-23H,9H2,1H3/t16-,17-,18-/m0/s1. The van der Waals surface area contributed by atoms with E-state index in [0.29, 0.717) is 5.56 Å². The van der Waals surface area contributed by atoms with Crippen molar-refractivity contribution < 1.29 is 13.9 Å². The van der Waals surface area contributed by atoms with Crippen molar-refractivity contribution >= 4 is 0 Å². The maximum absolute atomic E-state index is 14.0. The minimum Gasteiger partial charge on any atom is -0.395 e. The second-order valence-corrected chi connectivity index (χ2v) is 5.79. The SMILES string of the molecule is Cc1cc(F)c(-c2ccc([C@H]3[C@H](C#N)N[C@H]3CO)cc2)cc1F. The van der Waals surface area contributed by atoms with Crippen LogP contribution in [0.2, 0.25) is 0 Å². The van der Waals surface area contributed by atoms with Crippen molar-refractivity contribution in [3.63, 3.8) is 0 Å². The van der Waals surface area contributed by atoms with Crippen LogP contribution in [0.1, 0.15) is 17.0 Å². The van der Waals surface area contributed by atoms with Crippen LogP contribution < -0.4 is 5.32 Å². The number of aliphatic hydroxyl groups is 1. The van der Waals surface area contributed by atoms with Gasteiger partial charge in [0.2, 0.25) is 0 Å². The Morgan fingerprint density at radius 3 is 2.48 bits per heavy atom. The molecule has 1 fully saturated rings. The molecule has 2 aromatic carbocycles. The predicted molar refractivity (Wildman–Crippen MR) is 82.7 cm³/mol. The van der Waals surface area contributed by atoms with Gasteiger partial charge in [-0.1, -0.05) is 24.3 Å². The van der Waals surface area contributed by atoms with Crippen LogP contribution in [0.3, 0.4) is 0 Å². The molecule has 3 nitrogen and oxygen atoms in total. The van der Waals surface area contributed by atoms with Gasteiger partial charge >= 0.3 is 0 Å². The summed E-state index contributed by atoms with van der Waals surface area (Å²) in [4.78, 5) is 0. The second-order valence-electron chi connectivity index (χ2n) is 5.79. The zero-order valence-electron chi connectivity index (χ0n) is 12.6. The van der Waals surface area contributed by atoms with Crippen molar-refractivity contribution in [1.29, 1.82) is 5.26 Å². The van der Waals surface area contributed by atoms with E-state index in [1.165, 1.54) is 19.1 Å². The molecule has 1 heterocycles. The molecule has 0 saturated carbocycles. The summed E-state index contributed by atoms with van der Waals surface area (Å²) in [5, 5.41) is 21.3. The van der Waals surface area contributed by atoms with E-state index in [4.69, 9.17) is 5.26 Å². The molecule has 0 amide bonds. The highest BCUT2D eigenvalue weighted by Gasteiger charge is 2.41. The summed E-state index contributed by atoms with van der Waals surface area (Å²) in [7, 11) is 0. The number of benzene rings is 2. The van der Waals surface area contributed by atoms with Crippen LogP contribution in [0.4, 0.5) is 8.78 Å². The van der Waals surface area contributed by atoms with Crippen LogP contribution in [0.15, 0.2) is 36.4 Å². The Morgan fingerprint density at radius 1 is 1.17 bits per heavy atom. The fraction of sp³-hybridized carbons (Fsp3) is 0.278. The zero-order chi connectivity index (χ0) is 16.6. The maximum Gasteiger partial charge on any atom is 0.131 e. The topological polar surface area (TPSA) is 56.0 Å².